The molecule has 0 aliphatic carbocycles. The number of nitrogens with one attached hydrogen (secondary N) is 2. The summed E-state index contributed by atoms with van der Waals surface area (Å²) in [5.74, 6) is -3.90. The number of carbonyl (C=O) groups is 4. The van der Waals surface area contributed by atoms with E-state index in [1.54, 1.807) is 7.05 Å². The van der Waals surface area contributed by atoms with Gasteiger partial charge in [0, 0.05) is 24.7 Å². The summed E-state index contributed by atoms with van der Waals surface area (Å²) in [7, 11) is 2.79. The van der Waals surface area contributed by atoms with Gasteiger partial charge in [-0.15, -0.1) is 0 Å². The molecule has 0 aromatic heterocycles. The first kappa shape index (κ1) is 18.9. The molecule has 0 spiro atoms. The predicted molar refractivity (Wildman–Crippen MR) is 83.1 cm³/mol. The fourth-order valence-corrected chi connectivity index (χ4v) is 1.95. The second-order valence-corrected chi connectivity index (χ2v) is 4.80. The maximum Gasteiger partial charge on any atom is 0.339 e. The molecule has 1 amide bonds. The van der Waals surface area contributed by atoms with Gasteiger partial charge in [-0.05, 0) is 24.6 Å². The zero-order chi connectivity index (χ0) is 18.3. The number of rotatable bonds is 8. The smallest absolute Gasteiger partial charge is 0.339 e. The van der Waals surface area contributed by atoms with Crippen LogP contribution in [0.4, 0.5) is 5.69 Å². The number of hydrogen-bond donors (Lipinski definition) is 4. The highest BCUT2D eigenvalue weighted by Crippen LogP contribution is 2.18. The van der Waals surface area contributed by atoms with Gasteiger partial charge in [0.15, 0.2) is 0 Å². The van der Waals surface area contributed by atoms with E-state index in [0.29, 0.717) is 5.69 Å². The van der Waals surface area contributed by atoms with Gasteiger partial charge in [-0.3, -0.25) is 9.59 Å². The number of hydrogen-bond acceptors (Lipinski definition) is 6. The number of esters is 1. The van der Waals surface area contributed by atoms with Crippen molar-refractivity contribution in [2.45, 2.75) is 18.9 Å². The molecule has 9 heteroatoms. The van der Waals surface area contributed by atoms with Crippen LogP contribution < -0.4 is 10.6 Å². The van der Waals surface area contributed by atoms with Crippen LogP contribution in [0.3, 0.4) is 0 Å². The van der Waals surface area contributed by atoms with Crippen LogP contribution in [0.25, 0.3) is 0 Å². The SMILES string of the molecule is CNc1ccc(C(=O)NC(CCC(=O)O)C(=O)O)cc1C(=O)OC. The Labute approximate surface area is 137 Å². The van der Waals surface area contributed by atoms with Crippen molar-refractivity contribution in [3.8, 4) is 0 Å². The van der Waals surface area contributed by atoms with Crippen LogP contribution in [0.5, 0.6) is 0 Å². The van der Waals surface area contributed by atoms with Gasteiger partial charge in [0.1, 0.15) is 6.04 Å². The van der Waals surface area contributed by atoms with Gasteiger partial charge in [0.05, 0.1) is 12.7 Å². The number of amides is 1. The average Bonchev–Trinajstić information content (AvgIpc) is 2.56. The molecule has 0 saturated heterocycles. The lowest BCUT2D eigenvalue weighted by molar-refractivity contribution is -0.140. The topological polar surface area (TPSA) is 142 Å². The summed E-state index contributed by atoms with van der Waals surface area (Å²) in [6.07, 6.45) is -0.655. The maximum absolute atomic E-state index is 12.2. The molecule has 1 rings (SSSR count). The molecule has 0 saturated carbocycles. The van der Waals surface area contributed by atoms with Crippen molar-refractivity contribution in [3.05, 3.63) is 29.3 Å². The lowest BCUT2D eigenvalue weighted by Crippen LogP contribution is -2.41. The summed E-state index contributed by atoms with van der Waals surface area (Å²) in [6, 6.07) is 2.81. The molecular weight excluding hydrogens is 320 g/mol. The molecule has 0 fully saturated rings. The fourth-order valence-electron chi connectivity index (χ4n) is 1.95. The third kappa shape index (κ3) is 4.97. The zero-order valence-corrected chi connectivity index (χ0v) is 13.2. The van der Waals surface area contributed by atoms with Crippen molar-refractivity contribution in [2.24, 2.45) is 0 Å². The lowest BCUT2D eigenvalue weighted by Gasteiger charge is -2.14. The van der Waals surface area contributed by atoms with Crippen molar-refractivity contribution in [2.75, 3.05) is 19.5 Å². The Morgan fingerprint density at radius 2 is 1.88 bits per heavy atom. The molecule has 130 valence electrons. The van der Waals surface area contributed by atoms with Crippen LogP contribution in [0.2, 0.25) is 0 Å². The van der Waals surface area contributed by atoms with Gasteiger partial charge in [0.2, 0.25) is 0 Å². The van der Waals surface area contributed by atoms with Crippen LogP contribution in [-0.2, 0) is 14.3 Å². The summed E-state index contributed by atoms with van der Waals surface area (Å²) in [5, 5.41) is 22.7. The normalized spacial score (nSPS) is 11.2. The van der Waals surface area contributed by atoms with Crippen LogP contribution in [0.15, 0.2) is 18.2 Å². The highest BCUT2D eigenvalue weighted by Gasteiger charge is 2.22. The van der Waals surface area contributed by atoms with E-state index in [2.05, 4.69) is 15.4 Å². The minimum absolute atomic E-state index is 0.0518. The molecule has 0 radical (unpaired) electrons. The average molecular weight is 338 g/mol. The quantitative estimate of drug-likeness (QED) is 0.504. The Balaban J connectivity index is 2.99. The zero-order valence-electron chi connectivity index (χ0n) is 13.2. The van der Waals surface area contributed by atoms with E-state index in [-0.39, 0.29) is 17.5 Å². The molecule has 9 nitrogen and oxygen atoms in total. The number of methoxy groups -OCH3 is 1. The lowest BCUT2D eigenvalue weighted by atomic mass is 10.1. The highest BCUT2D eigenvalue weighted by molar-refractivity contribution is 6.02. The van der Waals surface area contributed by atoms with Gasteiger partial charge < -0.3 is 25.6 Å². The molecule has 1 atom stereocenters. The first-order chi connectivity index (χ1) is 11.3. The van der Waals surface area contributed by atoms with Gasteiger partial charge in [0.25, 0.3) is 5.91 Å². The van der Waals surface area contributed by atoms with Gasteiger partial charge in [-0.2, -0.15) is 0 Å². The highest BCUT2D eigenvalue weighted by atomic mass is 16.5. The molecule has 0 heterocycles. The number of aliphatic carboxylic acids is 2. The summed E-state index contributed by atoms with van der Waals surface area (Å²) < 4.78 is 4.63. The van der Waals surface area contributed by atoms with E-state index >= 15 is 0 Å². The summed E-state index contributed by atoms with van der Waals surface area (Å²) in [4.78, 5) is 45.5. The monoisotopic (exact) mass is 338 g/mol. The molecule has 24 heavy (non-hydrogen) atoms. The summed E-state index contributed by atoms with van der Waals surface area (Å²) >= 11 is 0. The van der Waals surface area contributed by atoms with Gasteiger partial charge in [-0.1, -0.05) is 0 Å². The standard InChI is InChI=1S/C15H18N2O7/c1-16-10-4-3-8(7-9(10)15(23)24-2)13(20)17-11(14(21)22)5-6-12(18)19/h3-4,7,11,16H,5-6H2,1-2H3,(H,17,20)(H,18,19)(H,21,22). The van der Waals surface area contributed by atoms with Crippen molar-refractivity contribution < 1.29 is 34.1 Å². The largest absolute Gasteiger partial charge is 0.481 e. The van der Waals surface area contributed by atoms with Crippen molar-refractivity contribution in [1.29, 1.82) is 0 Å². The second-order valence-electron chi connectivity index (χ2n) is 4.80. The van der Waals surface area contributed by atoms with Crippen LogP contribution >= 0.6 is 0 Å². The van der Waals surface area contributed by atoms with E-state index in [4.69, 9.17) is 10.2 Å². The summed E-state index contributed by atoms with van der Waals surface area (Å²) in [5.41, 5.74) is 0.611. The van der Waals surface area contributed by atoms with Crippen LogP contribution in [0.1, 0.15) is 33.6 Å². The molecule has 1 unspecified atom stereocenters. The molecule has 0 aliphatic rings. The minimum atomic E-state index is -1.35. The maximum atomic E-state index is 12.2. The third-order valence-electron chi connectivity index (χ3n) is 3.21. The molecule has 4 N–H and O–H groups in total. The molecular formula is C15H18N2O7. The number of carboxylic acid groups (broad SMARTS) is 2. The number of carbonyl (C=O) groups excluding carboxylic acids is 2. The molecule has 0 aliphatic heterocycles. The Morgan fingerprint density at radius 3 is 2.38 bits per heavy atom. The van der Waals surface area contributed by atoms with Gasteiger partial charge in [-0.25, -0.2) is 9.59 Å². The van der Waals surface area contributed by atoms with E-state index in [1.807, 2.05) is 0 Å². The Kier molecular flexibility index (Phi) is 6.72. The van der Waals surface area contributed by atoms with Crippen molar-refractivity contribution in [1.82, 2.24) is 5.32 Å². The number of carboxylic acids is 2. The molecule has 1 aromatic carbocycles. The first-order valence-corrected chi connectivity index (χ1v) is 6.95. The number of anilines is 1. The Hall–Kier alpha value is -3.10. The van der Waals surface area contributed by atoms with E-state index in [1.165, 1.54) is 25.3 Å². The van der Waals surface area contributed by atoms with Crippen molar-refractivity contribution >= 4 is 29.5 Å². The van der Waals surface area contributed by atoms with E-state index in [9.17, 15) is 19.2 Å². The van der Waals surface area contributed by atoms with E-state index < -0.39 is 36.3 Å². The minimum Gasteiger partial charge on any atom is -0.481 e. The van der Waals surface area contributed by atoms with Crippen LogP contribution in [-0.4, -0.2) is 54.2 Å². The number of ether oxygens (including phenoxy) is 1. The molecule has 0 bridgehead atoms. The Morgan fingerprint density at radius 1 is 1.21 bits per heavy atom. The van der Waals surface area contributed by atoms with Crippen LogP contribution in [0, 0.1) is 0 Å². The van der Waals surface area contributed by atoms with E-state index in [0.717, 1.165) is 0 Å². The van der Waals surface area contributed by atoms with Gasteiger partial charge >= 0.3 is 17.9 Å². The number of benzene rings is 1. The second kappa shape index (κ2) is 8.51. The fraction of sp³-hybridized carbons (Fsp3) is 0.333. The molecule has 1 aromatic rings. The first-order valence-electron chi connectivity index (χ1n) is 6.95. The Bertz CT molecular complexity index is 657. The van der Waals surface area contributed by atoms with Crippen molar-refractivity contribution in [3.63, 3.8) is 0 Å². The predicted octanol–water partition coefficient (Wildman–Crippen LogP) is 0.563. The third-order valence-corrected chi connectivity index (χ3v) is 3.21. The summed E-state index contributed by atoms with van der Waals surface area (Å²) in [6.45, 7) is 0.